The Balaban J connectivity index is 1.44. The molecule has 1 unspecified atom stereocenters. The number of fused-ring (bicyclic) bond motifs is 1. The first kappa shape index (κ1) is 25.7. The van der Waals surface area contributed by atoms with Crippen LogP contribution in [-0.4, -0.2) is 46.0 Å². The van der Waals surface area contributed by atoms with Gasteiger partial charge in [-0.1, -0.05) is 72.8 Å². The first-order chi connectivity index (χ1) is 18.9. The van der Waals surface area contributed by atoms with Gasteiger partial charge in [0.15, 0.2) is 17.1 Å². The maximum atomic E-state index is 13.3. The number of rotatable bonds is 7. The number of carbonyl (C=O) groups is 3. The molecule has 9 nitrogen and oxygen atoms in total. The van der Waals surface area contributed by atoms with E-state index in [1.54, 1.807) is 11.9 Å². The highest BCUT2D eigenvalue weighted by Crippen LogP contribution is 2.34. The molecule has 198 valence electrons. The smallest absolute Gasteiger partial charge is 0.294 e. The van der Waals surface area contributed by atoms with Crippen LogP contribution in [0.3, 0.4) is 0 Å². The highest BCUT2D eigenvalue weighted by Gasteiger charge is 2.38. The Morgan fingerprint density at radius 3 is 2.31 bits per heavy atom. The summed E-state index contributed by atoms with van der Waals surface area (Å²) in [5.41, 5.74) is 7.07. The van der Waals surface area contributed by atoms with E-state index < -0.39 is 17.6 Å². The number of hydrazine groups is 1. The molecular weight excluding hydrogens is 501 g/mol. The third-order valence-corrected chi connectivity index (χ3v) is 6.38. The number of likely N-dealkylation sites (N-methyl/N-ethyl adjacent to an activating group) is 1. The van der Waals surface area contributed by atoms with Crippen LogP contribution in [0.4, 0.5) is 4.39 Å². The Morgan fingerprint density at radius 1 is 0.949 bits per heavy atom. The Hall–Kier alpha value is -4.99. The molecule has 2 heterocycles. The number of hydrogen-bond donors (Lipinski definition) is 2. The molecule has 0 aliphatic carbocycles. The zero-order valence-corrected chi connectivity index (χ0v) is 21.1. The van der Waals surface area contributed by atoms with Crippen molar-refractivity contribution < 1.29 is 23.5 Å². The van der Waals surface area contributed by atoms with E-state index in [9.17, 15) is 18.8 Å². The van der Waals surface area contributed by atoms with E-state index in [4.69, 9.17) is 4.74 Å². The van der Waals surface area contributed by atoms with Gasteiger partial charge in [0.05, 0.1) is 12.5 Å². The quantitative estimate of drug-likeness (QED) is 0.359. The average molecular weight is 528 g/mol. The predicted octanol–water partition coefficient (Wildman–Crippen LogP) is 3.28. The van der Waals surface area contributed by atoms with Gasteiger partial charge in [-0.3, -0.25) is 25.2 Å². The summed E-state index contributed by atoms with van der Waals surface area (Å²) in [6.07, 6.45) is -0.0724. The van der Waals surface area contributed by atoms with Gasteiger partial charge in [0.25, 0.3) is 11.8 Å². The molecule has 3 aromatic carbocycles. The first-order valence-corrected chi connectivity index (χ1v) is 12.3. The number of hydrogen-bond acceptors (Lipinski definition) is 5. The van der Waals surface area contributed by atoms with Gasteiger partial charge in [-0.05, 0) is 28.8 Å². The largest absolute Gasteiger partial charge is 0.484 e. The van der Waals surface area contributed by atoms with Crippen molar-refractivity contribution in [3.05, 3.63) is 119 Å². The number of halogens is 1. The molecule has 0 fully saturated rings. The number of nitrogens with zero attached hydrogens (tertiary/aromatic N) is 3. The highest BCUT2D eigenvalue weighted by molar-refractivity contribution is 6.03. The summed E-state index contributed by atoms with van der Waals surface area (Å²) in [4.78, 5) is 40.6. The van der Waals surface area contributed by atoms with Crippen molar-refractivity contribution in [3.63, 3.8) is 0 Å². The van der Waals surface area contributed by atoms with E-state index >= 15 is 0 Å². The lowest BCUT2D eigenvalue weighted by atomic mass is 10.0. The van der Waals surface area contributed by atoms with Crippen LogP contribution in [0.5, 0.6) is 5.75 Å². The fourth-order valence-corrected chi connectivity index (χ4v) is 4.39. The first-order valence-electron chi connectivity index (χ1n) is 12.3. The molecule has 10 heteroatoms. The summed E-state index contributed by atoms with van der Waals surface area (Å²) in [7, 11) is 1.69. The molecule has 1 aliphatic rings. The van der Waals surface area contributed by atoms with E-state index in [1.807, 2.05) is 60.7 Å². The van der Waals surface area contributed by atoms with Crippen LogP contribution in [0.15, 0.2) is 84.9 Å². The summed E-state index contributed by atoms with van der Waals surface area (Å²) in [5.74, 6) is -1.97. The van der Waals surface area contributed by atoms with Crippen molar-refractivity contribution in [1.29, 1.82) is 0 Å². The Bertz CT molecular complexity index is 1490. The number of amides is 3. The number of nitrogens with one attached hydrogen (secondary N) is 2. The second kappa shape index (κ2) is 11.2. The molecule has 4 aromatic rings. The van der Waals surface area contributed by atoms with Crippen molar-refractivity contribution in [2.75, 3.05) is 13.6 Å². The fraction of sp³-hybridized carbons (Fsp3) is 0.172. The zero-order valence-electron chi connectivity index (χ0n) is 21.1. The SMILES string of the molecule is CN1CC(c2ccccc2)n2nc(C(=O)NNC(=O)Cc3ccc(F)cc3)c(OCc3ccccc3)c2C1=O. The second-order valence-corrected chi connectivity index (χ2v) is 9.16. The summed E-state index contributed by atoms with van der Waals surface area (Å²) in [6.45, 7) is 0.453. The van der Waals surface area contributed by atoms with Crippen molar-refractivity contribution in [3.8, 4) is 5.75 Å². The van der Waals surface area contributed by atoms with Crippen LogP contribution in [-0.2, 0) is 17.8 Å². The Kier molecular flexibility index (Phi) is 7.35. The second-order valence-electron chi connectivity index (χ2n) is 9.16. The lowest BCUT2D eigenvalue weighted by Crippen LogP contribution is -2.42. The highest BCUT2D eigenvalue weighted by atomic mass is 19.1. The van der Waals surface area contributed by atoms with Crippen LogP contribution in [0.1, 0.15) is 43.7 Å². The summed E-state index contributed by atoms with van der Waals surface area (Å²) in [5, 5.41) is 4.52. The van der Waals surface area contributed by atoms with Gasteiger partial charge >= 0.3 is 0 Å². The maximum absolute atomic E-state index is 13.3. The van der Waals surface area contributed by atoms with E-state index in [1.165, 1.54) is 28.9 Å². The molecule has 0 saturated heterocycles. The minimum Gasteiger partial charge on any atom is -0.484 e. The standard InChI is InChI=1S/C29H26FN5O4/c1-34-17-23(21-10-6-3-7-11-21)35-26(29(34)38)27(39-18-20-8-4-2-5-9-20)25(33-35)28(37)32-31-24(36)16-19-12-14-22(30)15-13-19/h2-15,23H,16-18H2,1H3,(H,31,36)(H,32,37). The molecule has 0 saturated carbocycles. The van der Waals surface area contributed by atoms with Gasteiger partial charge in [-0.2, -0.15) is 5.10 Å². The average Bonchev–Trinajstić information content (AvgIpc) is 3.34. The van der Waals surface area contributed by atoms with E-state index in [0.717, 1.165) is 11.1 Å². The maximum Gasteiger partial charge on any atom is 0.294 e. The minimum absolute atomic E-state index is 0.0293. The third kappa shape index (κ3) is 5.64. The molecule has 1 aromatic heterocycles. The molecular formula is C29H26FN5O4. The van der Waals surface area contributed by atoms with Gasteiger partial charge in [0.2, 0.25) is 5.91 Å². The molecule has 1 atom stereocenters. The monoisotopic (exact) mass is 527 g/mol. The molecule has 2 N–H and O–H groups in total. The summed E-state index contributed by atoms with van der Waals surface area (Å²) >= 11 is 0. The molecule has 0 radical (unpaired) electrons. The molecule has 0 spiro atoms. The third-order valence-electron chi connectivity index (χ3n) is 6.38. The van der Waals surface area contributed by atoms with Crippen molar-refractivity contribution in [2.45, 2.75) is 19.1 Å². The summed E-state index contributed by atoms with van der Waals surface area (Å²) < 4.78 is 20.7. The van der Waals surface area contributed by atoms with Gasteiger partial charge in [0, 0.05) is 13.6 Å². The van der Waals surface area contributed by atoms with Crippen LogP contribution in [0, 0.1) is 5.82 Å². The number of aromatic nitrogens is 2. The lowest BCUT2D eigenvalue weighted by Gasteiger charge is -2.31. The Labute approximate surface area is 224 Å². The fourth-order valence-electron chi connectivity index (χ4n) is 4.39. The molecule has 1 aliphatic heterocycles. The van der Waals surface area contributed by atoms with Crippen molar-refractivity contribution >= 4 is 17.7 Å². The van der Waals surface area contributed by atoms with Gasteiger partial charge < -0.3 is 9.64 Å². The predicted molar refractivity (Wildman–Crippen MR) is 140 cm³/mol. The van der Waals surface area contributed by atoms with Crippen LogP contribution < -0.4 is 15.6 Å². The molecule has 0 bridgehead atoms. The summed E-state index contributed by atoms with van der Waals surface area (Å²) in [6, 6.07) is 24.0. The topological polar surface area (TPSA) is 106 Å². The van der Waals surface area contributed by atoms with Gasteiger partial charge in [-0.15, -0.1) is 0 Å². The van der Waals surface area contributed by atoms with Gasteiger partial charge in [-0.25, -0.2) is 9.07 Å². The van der Waals surface area contributed by atoms with Gasteiger partial charge in [0.1, 0.15) is 12.4 Å². The number of ether oxygens (including phenoxy) is 1. The van der Waals surface area contributed by atoms with E-state index in [2.05, 4.69) is 16.0 Å². The van der Waals surface area contributed by atoms with Crippen LogP contribution in [0.25, 0.3) is 0 Å². The number of benzene rings is 3. The lowest BCUT2D eigenvalue weighted by molar-refractivity contribution is -0.121. The van der Waals surface area contributed by atoms with Crippen molar-refractivity contribution in [1.82, 2.24) is 25.5 Å². The van der Waals surface area contributed by atoms with E-state index in [0.29, 0.717) is 12.1 Å². The molecule has 5 rings (SSSR count). The molecule has 39 heavy (non-hydrogen) atoms. The minimum atomic E-state index is -0.741. The molecule has 3 amide bonds. The van der Waals surface area contributed by atoms with Crippen LogP contribution >= 0.6 is 0 Å². The number of carbonyl (C=O) groups excluding carboxylic acids is 3. The van der Waals surface area contributed by atoms with Crippen LogP contribution in [0.2, 0.25) is 0 Å². The van der Waals surface area contributed by atoms with Crippen molar-refractivity contribution in [2.24, 2.45) is 0 Å². The van der Waals surface area contributed by atoms with E-state index in [-0.39, 0.29) is 42.1 Å². The zero-order chi connectivity index (χ0) is 27.4. The normalized spacial score (nSPS) is 14.5. The Morgan fingerprint density at radius 2 is 1.62 bits per heavy atom.